The van der Waals surface area contributed by atoms with E-state index in [0.29, 0.717) is 30.1 Å². The van der Waals surface area contributed by atoms with Crippen molar-refractivity contribution in [3.05, 3.63) is 83.7 Å². The quantitative estimate of drug-likeness (QED) is 0.624. The Morgan fingerprint density at radius 1 is 1.29 bits per heavy atom. The van der Waals surface area contributed by atoms with Gasteiger partial charge in [-0.25, -0.2) is 9.37 Å². The van der Waals surface area contributed by atoms with Gasteiger partial charge in [0.1, 0.15) is 17.7 Å². The average Bonchev–Trinajstić information content (AvgIpc) is 3.18. The van der Waals surface area contributed by atoms with Crippen LogP contribution in [0.25, 0.3) is 5.69 Å². The Balaban J connectivity index is 0.00000272. The number of nitrogens with zero attached hydrogens (tertiary/aromatic N) is 2. The number of aromatic nitrogens is 2. The van der Waals surface area contributed by atoms with Crippen molar-refractivity contribution in [2.24, 2.45) is 11.7 Å². The first-order chi connectivity index (χ1) is 14.5. The van der Waals surface area contributed by atoms with Gasteiger partial charge in [0, 0.05) is 19.0 Å². The Hall–Kier alpha value is -2.74. The van der Waals surface area contributed by atoms with Crippen LogP contribution in [0.2, 0.25) is 0 Å². The smallest absolute Gasteiger partial charge is 0.223 e. The molecule has 0 radical (unpaired) electrons. The van der Waals surface area contributed by atoms with Crippen molar-refractivity contribution < 1.29 is 18.7 Å². The summed E-state index contributed by atoms with van der Waals surface area (Å²) in [6.07, 6.45) is 2.89. The van der Waals surface area contributed by atoms with Crippen LogP contribution >= 0.6 is 12.4 Å². The number of halogens is 2. The molecule has 0 aliphatic carbocycles. The summed E-state index contributed by atoms with van der Waals surface area (Å²) in [5.41, 5.74) is 7.64. The number of primary amides is 1. The first-order valence-electron chi connectivity index (χ1n) is 9.91. The molecule has 2 aromatic carbocycles. The third-order valence-electron chi connectivity index (χ3n) is 5.45. The van der Waals surface area contributed by atoms with Gasteiger partial charge in [-0.3, -0.25) is 4.79 Å². The third-order valence-corrected chi connectivity index (χ3v) is 5.45. The summed E-state index contributed by atoms with van der Waals surface area (Å²) in [6.45, 7) is 2.38. The summed E-state index contributed by atoms with van der Waals surface area (Å²) in [4.78, 5) is 16.2. The number of hydrogen-bond donors (Lipinski definition) is 1. The number of nitrogens with two attached hydrogens (primary N) is 1. The van der Waals surface area contributed by atoms with Crippen molar-refractivity contribution in [2.75, 3.05) is 6.61 Å². The molecule has 6 nitrogen and oxygen atoms in total. The number of amides is 1. The van der Waals surface area contributed by atoms with Gasteiger partial charge in [0.2, 0.25) is 5.91 Å². The molecule has 1 aromatic heterocycles. The second-order valence-corrected chi connectivity index (χ2v) is 7.41. The zero-order chi connectivity index (χ0) is 21.1. The molecule has 2 heterocycles. The van der Waals surface area contributed by atoms with Crippen LogP contribution in [-0.4, -0.2) is 28.2 Å². The molecule has 1 aliphatic heterocycles. The predicted molar refractivity (Wildman–Crippen MR) is 117 cm³/mol. The van der Waals surface area contributed by atoms with E-state index in [0.717, 1.165) is 5.56 Å². The van der Waals surface area contributed by atoms with Crippen LogP contribution in [0.5, 0.6) is 0 Å². The minimum atomic E-state index is -0.544. The van der Waals surface area contributed by atoms with Crippen molar-refractivity contribution in [1.29, 1.82) is 0 Å². The molecular formula is C23H25ClFN3O3. The van der Waals surface area contributed by atoms with Crippen LogP contribution in [0.15, 0.2) is 60.9 Å². The molecule has 164 valence electrons. The van der Waals surface area contributed by atoms with E-state index in [1.807, 2.05) is 37.3 Å². The molecule has 0 spiro atoms. The fraction of sp³-hybridized carbons (Fsp3) is 0.304. The Bertz CT molecular complexity index is 1030. The van der Waals surface area contributed by atoms with E-state index in [-0.39, 0.29) is 24.8 Å². The number of carbonyl (C=O) groups is 1. The Labute approximate surface area is 186 Å². The normalized spacial score (nSPS) is 20.8. The molecule has 8 heteroatoms. The lowest BCUT2D eigenvalue weighted by Crippen LogP contribution is -2.44. The molecule has 4 rings (SSSR count). The van der Waals surface area contributed by atoms with Gasteiger partial charge in [0.05, 0.1) is 24.3 Å². The van der Waals surface area contributed by atoms with Crippen LogP contribution in [0.4, 0.5) is 4.39 Å². The predicted octanol–water partition coefficient (Wildman–Crippen LogP) is 3.89. The molecule has 31 heavy (non-hydrogen) atoms. The van der Waals surface area contributed by atoms with Crippen molar-refractivity contribution in [2.45, 2.75) is 32.2 Å². The lowest BCUT2D eigenvalue weighted by molar-refractivity contribution is -0.158. The monoisotopic (exact) mass is 445 g/mol. The highest BCUT2D eigenvalue weighted by Crippen LogP contribution is 2.35. The van der Waals surface area contributed by atoms with Gasteiger partial charge >= 0.3 is 0 Å². The maximum absolute atomic E-state index is 14.7. The second-order valence-electron chi connectivity index (χ2n) is 7.41. The molecule has 3 aromatic rings. The van der Waals surface area contributed by atoms with Gasteiger partial charge in [0.25, 0.3) is 0 Å². The van der Waals surface area contributed by atoms with Crippen molar-refractivity contribution in [3.63, 3.8) is 0 Å². The third kappa shape index (κ3) is 4.95. The standard InChI is InChI=1S/C23H24FN3O3.ClH/c1-15-26-10-11-27(15)20-8-7-16(13-19(20)24)14-30-22-18(23(25)28)9-12-29-21(22)17-5-3-2-4-6-17;/h2-8,10-11,13,18,21-22H,9,12,14H2,1H3,(H2,25,28);1H. The first kappa shape index (κ1) is 22.9. The van der Waals surface area contributed by atoms with E-state index in [2.05, 4.69) is 4.98 Å². The number of carbonyl (C=O) groups excluding carboxylic acids is 1. The van der Waals surface area contributed by atoms with Gasteiger partial charge in [-0.2, -0.15) is 0 Å². The molecule has 1 saturated heterocycles. The molecule has 1 fully saturated rings. The average molecular weight is 446 g/mol. The number of imidazole rings is 1. The molecular weight excluding hydrogens is 421 g/mol. The minimum absolute atomic E-state index is 0. The molecule has 3 atom stereocenters. The van der Waals surface area contributed by atoms with Gasteiger partial charge in [-0.15, -0.1) is 12.4 Å². The summed E-state index contributed by atoms with van der Waals surface area (Å²) in [5, 5.41) is 0. The molecule has 0 bridgehead atoms. The second kappa shape index (κ2) is 10.0. The topological polar surface area (TPSA) is 79.4 Å². The molecule has 1 aliphatic rings. The molecule has 2 N–H and O–H groups in total. The Kier molecular flexibility index (Phi) is 7.43. The van der Waals surface area contributed by atoms with E-state index in [9.17, 15) is 9.18 Å². The molecule has 1 amide bonds. The van der Waals surface area contributed by atoms with Crippen molar-refractivity contribution in [1.82, 2.24) is 9.55 Å². The zero-order valence-electron chi connectivity index (χ0n) is 17.1. The van der Waals surface area contributed by atoms with E-state index in [1.54, 1.807) is 29.1 Å². The van der Waals surface area contributed by atoms with Gasteiger partial charge in [-0.1, -0.05) is 36.4 Å². The van der Waals surface area contributed by atoms with Crippen LogP contribution in [0.1, 0.15) is 29.5 Å². The lowest BCUT2D eigenvalue weighted by atomic mass is 9.88. The van der Waals surface area contributed by atoms with Gasteiger partial charge < -0.3 is 19.8 Å². The highest BCUT2D eigenvalue weighted by atomic mass is 35.5. The maximum atomic E-state index is 14.7. The molecule has 3 unspecified atom stereocenters. The summed E-state index contributed by atoms with van der Waals surface area (Å²) in [5.74, 6) is -0.557. The lowest BCUT2D eigenvalue weighted by Gasteiger charge is -2.36. The summed E-state index contributed by atoms with van der Waals surface area (Å²) in [7, 11) is 0. The highest BCUT2D eigenvalue weighted by molar-refractivity contribution is 5.85. The fourth-order valence-electron chi connectivity index (χ4n) is 3.89. The van der Waals surface area contributed by atoms with E-state index in [4.69, 9.17) is 15.2 Å². The Morgan fingerprint density at radius 3 is 2.71 bits per heavy atom. The number of ether oxygens (including phenoxy) is 2. The zero-order valence-corrected chi connectivity index (χ0v) is 17.9. The van der Waals surface area contributed by atoms with E-state index in [1.165, 1.54) is 6.07 Å². The Morgan fingerprint density at radius 2 is 2.06 bits per heavy atom. The van der Waals surface area contributed by atoms with E-state index < -0.39 is 24.0 Å². The summed E-state index contributed by atoms with van der Waals surface area (Å²) < 4.78 is 28.4. The number of benzene rings is 2. The van der Waals surface area contributed by atoms with Gasteiger partial charge in [-0.05, 0) is 36.6 Å². The summed E-state index contributed by atoms with van der Waals surface area (Å²) in [6, 6.07) is 14.6. The van der Waals surface area contributed by atoms with E-state index >= 15 is 0 Å². The van der Waals surface area contributed by atoms with Crippen molar-refractivity contribution in [3.8, 4) is 5.69 Å². The van der Waals surface area contributed by atoms with Crippen LogP contribution in [0, 0.1) is 18.7 Å². The van der Waals surface area contributed by atoms with Crippen LogP contribution < -0.4 is 5.73 Å². The largest absolute Gasteiger partial charge is 0.371 e. The SMILES string of the molecule is Cc1nccn1-c1ccc(COC2C(C(N)=O)CCOC2c2ccccc2)cc1F.Cl. The highest BCUT2D eigenvalue weighted by Gasteiger charge is 2.39. The number of aryl methyl sites for hydroxylation is 1. The summed E-state index contributed by atoms with van der Waals surface area (Å²) >= 11 is 0. The van der Waals surface area contributed by atoms with Crippen molar-refractivity contribution >= 4 is 18.3 Å². The maximum Gasteiger partial charge on any atom is 0.223 e. The first-order valence-corrected chi connectivity index (χ1v) is 9.91. The van der Waals surface area contributed by atoms with Crippen LogP contribution in [-0.2, 0) is 20.9 Å². The fourth-order valence-corrected chi connectivity index (χ4v) is 3.89. The van der Waals surface area contributed by atoms with Gasteiger partial charge in [0.15, 0.2) is 0 Å². The number of rotatable bonds is 6. The minimum Gasteiger partial charge on any atom is -0.371 e. The molecule has 0 saturated carbocycles. The van der Waals surface area contributed by atoms with Crippen LogP contribution in [0.3, 0.4) is 0 Å². The number of hydrogen-bond acceptors (Lipinski definition) is 4.